The third-order valence-electron chi connectivity index (χ3n) is 5.46. The maximum atomic E-state index is 12.8. The summed E-state index contributed by atoms with van der Waals surface area (Å²) >= 11 is 0. The first-order chi connectivity index (χ1) is 14.5. The van der Waals surface area contributed by atoms with Crippen molar-refractivity contribution in [1.82, 2.24) is 29.3 Å². The SMILES string of the molecule is Cc1ccc([C@H]2C[C@H](c3noc(Cn4c(N)nn5cnc(C)c5c4=O)n3)CO2)cc1. The second kappa shape index (κ2) is 7.06. The van der Waals surface area contributed by atoms with Crippen molar-refractivity contribution in [2.45, 2.75) is 38.8 Å². The van der Waals surface area contributed by atoms with E-state index in [0.717, 1.165) is 12.0 Å². The molecule has 1 aromatic carbocycles. The molecular formula is C20H21N7O3. The van der Waals surface area contributed by atoms with Gasteiger partial charge in [0.2, 0.25) is 11.8 Å². The third-order valence-corrected chi connectivity index (χ3v) is 5.46. The zero-order chi connectivity index (χ0) is 20.8. The highest BCUT2D eigenvalue weighted by Gasteiger charge is 2.31. The Morgan fingerprint density at radius 1 is 1.23 bits per heavy atom. The molecule has 0 spiro atoms. The second-order valence-corrected chi connectivity index (χ2v) is 7.58. The molecule has 0 aliphatic carbocycles. The summed E-state index contributed by atoms with van der Waals surface area (Å²) in [5.74, 6) is 0.940. The number of nitrogens with two attached hydrogens (primary N) is 1. The Morgan fingerprint density at radius 3 is 2.83 bits per heavy atom. The van der Waals surface area contributed by atoms with E-state index in [4.69, 9.17) is 15.0 Å². The molecule has 1 fully saturated rings. The number of hydrogen-bond acceptors (Lipinski definition) is 8. The topological polar surface area (TPSA) is 126 Å². The van der Waals surface area contributed by atoms with Crippen LogP contribution in [0, 0.1) is 13.8 Å². The highest BCUT2D eigenvalue weighted by atomic mass is 16.5. The number of aromatic nitrogens is 6. The summed E-state index contributed by atoms with van der Waals surface area (Å²) in [5.41, 5.74) is 8.96. The van der Waals surface area contributed by atoms with Gasteiger partial charge >= 0.3 is 0 Å². The van der Waals surface area contributed by atoms with E-state index in [1.54, 1.807) is 6.92 Å². The van der Waals surface area contributed by atoms with Crippen LogP contribution in [0.2, 0.25) is 0 Å². The van der Waals surface area contributed by atoms with Gasteiger partial charge in [-0.1, -0.05) is 35.0 Å². The third kappa shape index (κ3) is 3.14. The van der Waals surface area contributed by atoms with E-state index in [1.807, 2.05) is 0 Å². The van der Waals surface area contributed by atoms with Gasteiger partial charge in [-0.05, 0) is 25.8 Å². The molecule has 0 saturated carbocycles. The maximum Gasteiger partial charge on any atom is 0.281 e. The predicted molar refractivity (Wildman–Crippen MR) is 107 cm³/mol. The number of ether oxygens (including phenoxy) is 1. The average molecular weight is 407 g/mol. The maximum absolute atomic E-state index is 12.8. The van der Waals surface area contributed by atoms with Crippen LogP contribution >= 0.6 is 0 Å². The zero-order valence-electron chi connectivity index (χ0n) is 16.6. The van der Waals surface area contributed by atoms with Crippen molar-refractivity contribution in [2.24, 2.45) is 0 Å². The van der Waals surface area contributed by atoms with E-state index in [1.165, 1.54) is 21.0 Å². The van der Waals surface area contributed by atoms with Gasteiger partial charge in [0.25, 0.3) is 5.56 Å². The molecule has 30 heavy (non-hydrogen) atoms. The molecule has 1 aliphatic heterocycles. The quantitative estimate of drug-likeness (QED) is 0.542. The number of benzene rings is 1. The first kappa shape index (κ1) is 18.5. The fraction of sp³-hybridized carbons (Fsp3) is 0.350. The van der Waals surface area contributed by atoms with Crippen molar-refractivity contribution in [3.63, 3.8) is 0 Å². The van der Waals surface area contributed by atoms with Crippen LogP contribution in [-0.4, -0.2) is 35.9 Å². The predicted octanol–water partition coefficient (Wildman–Crippen LogP) is 1.77. The van der Waals surface area contributed by atoms with Gasteiger partial charge in [0.05, 0.1) is 18.4 Å². The summed E-state index contributed by atoms with van der Waals surface area (Å²) in [6.45, 7) is 4.36. The highest BCUT2D eigenvalue weighted by Crippen LogP contribution is 2.37. The molecule has 2 atom stereocenters. The molecule has 4 aromatic rings. The van der Waals surface area contributed by atoms with Gasteiger partial charge in [-0.2, -0.15) is 4.98 Å². The molecule has 0 bridgehead atoms. The Labute approximate surface area is 171 Å². The number of fused-ring (bicyclic) bond motifs is 1. The first-order valence-electron chi connectivity index (χ1n) is 9.70. The number of nitrogen functional groups attached to an aromatic ring is 1. The smallest absolute Gasteiger partial charge is 0.281 e. The molecule has 154 valence electrons. The monoisotopic (exact) mass is 407 g/mol. The molecule has 1 saturated heterocycles. The second-order valence-electron chi connectivity index (χ2n) is 7.58. The van der Waals surface area contributed by atoms with Crippen molar-refractivity contribution in [3.05, 3.63) is 69.5 Å². The fourth-order valence-electron chi connectivity index (χ4n) is 3.76. The van der Waals surface area contributed by atoms with Crippen LogP contribution in [0.15, 0.2) is 39.9 Å². The molecule has 3 aromatic heterocycles. The molecule has 5 rings (SSSR count). The minimum absolute atomic E-state index is 0.00672. The molecule has 1 aliphatic rings. The lowest BCUT2D eigenvalue weighted by molar-refractivity contribution is 0.110. The molecule has 0 amide bonds. The lowest BCUT2D eigenvalue weighted by Gasteiger charge is -2.09. The molecule has 2 N–H and O–H groups in total. The Balaban J connectivity index is 1.35. The highest BCUT2D eigenvalue weighted by molar-refractivity contribution is 5.49. The van der Waals surface area contributed by atoms with Gasteiger partial charge in [0.1, 0.15) is 12.9 Å². The fourth-order valence-corrected chi connectivity index (χ4v) is 3.76. The van der Waals surface area contributed by atoms with E-state index < -0.39 is 0 Å². The largest absolute Gasteiger partial charge is 0.373 e. The lowest BCUT2D eigenvalue weighted by atomic mass is 9.99. The number of imidazole rings is 1. The van der Waals surface area contributed by atoms with Gasteiger partial charge < -0.3 is 15.0 Å². The van der Waals surface area contributed by atoms with E-state index in [2.05, 4.69) is 51.4 Å². The van der Waals surface area contributed by atoms with Gasteiger partial charge in [0, 0.05) is 5.92 Å². The van der Waals surface area contributed by atoms with Crippen LogP contribution in [0.25, 0.3) is 5.52 Å². The van der Waals surface area contributed by atoms with E-state index in [-0.39, 0.29) is 30.1 Å². The van der Waals surface area contributed by atoms with Crippen LogP contribution < -0.4 is 11.3 Å². The van der Waals surface area contributed by atoms with E-state index in [9.17, 15) is 4.79 Å². The lowest BCUT2D eigenvalue weighted by Crippen LogP contribution is -2.27. The van der Waals surface area contributed by atoms with Crippen molar-refractivity contribution in [2.75, 3.05) is 12.3 Å². The number of anilines is 1. The molecular weight excluding hydrogens is 386 g/mol. The normalized spacial score (nSPS) is 19.0. The summed E-state index contributed by atoms with van der Waals surface area (Å²) in [4.78, 5) is 21.4. The van der Waals surface area contributed by atoms with Crippen molar-refractivity contribution in [1.29, 1.82) is 0 Å². The van der Waals surface area contributed by atoms with Crippen LogP contribution in [-0.2, 0) is 11.3 Å². The van der Waals surface area contributed by atoms with Crippen molar-refractivity contribution >= 4 is 11.5 Å². The Bertz CT molecular complexity index is 1270. The number of hydrogen-bond donors (Lipinski definition) is 1. The van der Waals surface area contributed by atoms with Gasteiger partial charge in [0.15, 0.2) is 11.3 Å². The van der Waals surface area contributed by atoms with Gasteiger partial charge in [-0.15, -0.1) is 5.10 Å². The Morgan fingerprint density at radius 2 is 2.03 bits per heavy atom. The number of nitrogens with zero attached hydrogens (tertiary/aromatic N) is 6. The van der Waals surface area contributed by atoms with Crippen LogP contribution in [0.4, 0.5) is 5.95 Å². The first-order valence-corrected chi connectivity index (χ1v) is 9.70. The summed E-state index contributed by atoms with van der Waals surface area (Å²) in [5, 5.41) is 8.28. The minimum atomic E-state index is -0.305. The molecule has 0 radical (unpaired) electrons. The summed E-state index contributed by atoms with van der Waals surface area (Å²) in [7, 11) is 0. The minimum Gasteiger partial charge on any atom is -0.373 e. The molecule has 10 heteroatoms. The molecule has 4 heterocycles. The van der Waals surface area contributed by atoms with Crippen LogP contribution in [0.3, 0.4) is 0 Å². The van der Waals surface area contributed by atoms with Crippen LogP contribution in [0.5, 0.6) is 0 Å². The summed E-state index contributed by atoms with van der Waals surface area (Å²) in [6.07, 6.45) is 2.24. The van der Waals surface area contributed by atoms with Crippen molar-refractivity contribution < 1.29 is 9.26 Å². The molecule has 10 nitrogen and oxygen atoms in total. The summed E-state index contributed by atoms with van der Waals surface area (Å²) < 4.78 is 14.0. The average Bonchev–Trinajstić information content (AvgIpc) is 3.46. The van der Waals surface area contributed by atoms with Crippen LogP contribution in [0.1, 0.15) is 47.0 Å². The van der Waals surface area contributed by atoms with Gasteiger partial charge in [-0.25, -0.2) is 9.50 Å². The Hall–Kier alpha value is -3.53. The van der Waals surface area contributed by atoms with E-state index in [0.29, 0.717) is 29.5 Å². The van der Waals surface area contributed by atoms with Gasteiger partial charge in [-0.3, -0.25) is 9.36 Å². The summed E-state index contributed by atoms with van der Waals surface area (Å²) in [6, 6.07) is 8.32. The van der Waals surface area contributed by atoms with E-state index >= 15 is 0 Å². The number of aryl methyl sites for hydroxylation is 2. The van der Waals surface area contributed by atoms with Crippen molar-refractivity contribution in [3.8, 4) is 0 Å². The molecule has 0 unspecified atom stereocenters. The standard InChI is InChI=1S/C20H21N7O3/c1-11-3-5-13(6-4-11)15-7-14(9-29-15)18-23-16(30-25-18)8-26-19(28)17-12(2)22-10-27(17)24-20(26)21/h3-6,10,14-15H,7-9H2,1-2H3,(H2,21,24)/t14-,15+/m0/s1. The Kier molecular flexibility index (Phi) is 4.35. The zero-order valence-corrected chi connectivity index (χ0v) is 16.6. The number of rotatable bonds is 4.